The largest absolute Gasteiger partial charge is 0.457 e. The van der Waals surface area contributed by atoms with Crippen LogP contribution >= 0.6 is 21.6 Å². The molecule has 5 N–H and O–H groups in total. The average Bonchev–Trinajstić information content (AvgIpc) is 2.66. The van der Waals surface area contributed by atoms with E-state index in [1.54, 1.807) is 16.9 Å². The van der Waals surface area contributed by atoms with Gasteiger partial charge in [0.2, 0.25) is 17.7 Å². The van der Waals surface area contributed by atoms with Gasteiger partial charge < -0.3 is 25.8 Å². The fourth-order valence-corrected chi connectivity index (χ4v) is 4.54. The lowest BCUT2D eigenvalue weighted by molar-refractivity contribution is -0.148. The number of aliphatic hydroxyl groups excluding tert-OH is 1. The third-order valence-electron chi connectivity index (χ3n) is 3.78. The molecule has 10 nitrogen and oxygen atoms in total. The quantitative estimate of drug-likeness (QED) is 0.171. The molecule has 3 amide bonds. The molecule has 2 rings (SSSR count). The Morgan fingerprint density at radius 1 is 1.04 bits per heavy atom. The maximum Gasteiger partial charge on any atom is 0.326 e. The smallest absolute Gasteiger partial charge is 0.326 e. The van der Waals surface area contributed by atoms with E-state index in [2.05, 4.69) is 21.3 Å². The molecule has 2 heterocycles. The summed E-state index contributed by atoms with van der Waals surface area (Å²) in [6, 6.07) is -0.831. The minimum absolute atomic E-state index is 0.0370. The highest BCUT2D eigenvalue weighted by Gasteiger charge is 2.23. The second-order valence-corrected chi connectivity index (χ2v) is 8.73. The molecule has 1 saturated heterocycles. The molecule has 12 heteroatoms. The Labute approximate surface area is 170 Å². The van der Waals surface area contributed by atoms with Crippen LogP contribution < -0.4 is 21.3 Å². The summed E-state index contributed by atoms with van der Waals surface area (Å²) >= 11 is 0. The SMILES string of the molecule is O=C1CNC(=O)[C@H]2CSSCC/C=C/[C@H](CC(O)NCC(=O)N2)OC(=O)CN1. The van der Waals surface area contributed by atoms with Gasteiger partial charge in [-0.05, 0) is 12.5 Å². The predicted molar refractivity (Wildman–Crippen MR) is 105 cm³/mol. The van der Waals surface area contributed by atoms with Crippen molar-refractivity contribution in [3.05, 3.63) is 12.2 Å². The van der Waals surface area contributed by atoms with Crippen LogP contribution in [0.4, 0.5) is 0 Å². The summed E-state index contributed by atoms with van der Waals surface area (Å²) in [5.74, 6) is -1.12. The van der Waals surface area contributed by atoms with E-state index in [0.717, 1.165) is 5.75 Å². The third kappa shape index (κ3) is 8.50. The van der Waals surface area contributed by atoms with Crippen molar-refractivity contribution in [2.75, 3.05) is 31.1 Å². The fraction of sp³-hybridized carbons (Fsp3) is 0.625. The van der Waals surface area contributed by atoms with Crippen LogP contribution in [0.15, 0.2) is 12.2 Å². The Balaban J connectivity index is 2.22. The van der Waals surface area contributed by atoms with Crippen LogP contribution in [-0.4, -0.2) is 78.3 Å². The van der Waals surface area contributed by atoms with Gasteiger partial charge in [-0.3, -0.25) is 24.5 Å². The molecule has 0 aliphatic carbocycles. The standard InChI is InChI=1S/C16H24N4O6S2/c21-12-5-10-3-1-2-4-27-28-9-11(20-14(23)7-17-12)16(25)19-6-13(22)18-8-15(24)26-10/h1,3,10-12,17,21H,2,4-9H2,(H,18,22)(H,19,25)(H,20,23)/b3-1+/t10-,11-,12?/m1/s1. The number of esters is 1. The van der Waals surface area contributed by atoms with Gasteiger partial charge in [0.25, 0.3) is 0 Å². The highest BCUT2D eigenvalue weighted by atomic mass is 33.1. The lowest BCUT2D eigenvalue weighted by atomic mass is 10.2. The molecule has 0 radical (unpaired) electrons. The monoisotopic (exact) mass is 432 g/mol. The van der Waals surface area contributed by atoms with E-state index >= 15 is 0 Å². The molecule has 1 fully saturated rings. The molecule has 28 heavy (non-hydrogen) atoms. The number of fused-ring (bicyclic) bond motifs is 7. The van der Waals surface area contributed by atoms with Gasteiger partial charge in [0.05, 0.1) is 13.1 Å². The average molecular weight is 433 g/mol. The van der Waals surface area contributed by atoms with Crippen molar-refractivity contribution in [1.29, 1.82) is 0 Å². The normalized spacial score (nSPS) is 30.2. The fourth-order valence-electron chi connectivity index (χ4n) is 2.38. The van der Waals surface area contributed by atoms with Gasteiger partial charge in [-0.25, -0.2) is 0 Å². The first kappa shape index (κ1) is 22.5. The van der Waals surface area contributed by atoms with Crippen LogP contribution in [0.5, 0.6) is 0 Å². The number of amides is 3. The number of hydrogen-bond donors (Lipinski definition) is 5. The molecule has 0 aromatic heterocycles. The molecule has 2 aliphatic rings. The van der Waals surface area contributed by atoms with E-state index in [0.29, 0.717) is 12.2 Å². The number of carbonyl (C=O) groups excluding carboxylic acids is 4. The molecule has 0 saturated carbocycles. The molecule has 3 atom stereocenters. The van der Waals surface area contributed by atoms with Gasteiger partial charge in [-0.2, -0.15) is 0 Å². The second-order valence-electron chi connectivity index (χ2n) is 6.10. The second kappa shape index (κ2) is 11.9. The summed E-state index contributed by atoms with van der Waals surface area (Å²) in [5.41, 5.74) is 0. The van der Waals surface area contributed by atoms with Crippen LogP contribution in [0.1, 0.15) is 12.8 Å². The number of nitrogens with one attached hydrogen (secondary N) is 4. The van der Waals surface area contributed by atoms with E-state index < -0.39 is 42.1 Å². The number of allylic oxidation sites excluding steroid dienone is 1. The molecule has 2 bridgehead atoms. The summed E-state index contributed by atoms with van der Waals surface area (Å²) in [7, 11) is 2.98. The molecule has 0 aromatic rings. The zero-order valence-electron chi connectivity index (χ0n) is 15.1. The summed E-state index contributed by atoms with van der Waals surface area (Å²) in [6.07, 6.45) is 2.46. The maximum absolute atomic E-state index is 12.4. The minimum Gasteiger partial charge on any atom is -0.457 e. The Hall–Kier alpha value is -1.76. The number of ether oxygens (including phenoxy) is 1. The van der Waals surface area contributed by atoms with Crippen molar-refractivity contribution < 1.29 is 29.0 Å². The number of aliphatic hydroxyl groups is 1. The summed E-state index contributed by atoms with van der Waals surface area (Å²) in [4.78, 5) is 48.3. The number of hydrogen-bond acceptors (Lipinski definition) is 9. The van der Waals surface area contributed by atoms with Crippen molar-refractivity contribution in [1.82, 2.24) is 21.3 Å². The van der Waals surface area contributed by atoms with Crippen molar-refractivity contribution in [2.45, 2.75) is 31.2 Å². The van der Waals surface area contributed by atoms with Crippen molar-refractivity contribution >= 4 is 45.3 Å². The van der Waals surface area contributed by atoms with Crippen LogP contribution in [0, 0.1) is 0 Å². The topological polar surface area (TPSA) is 146 Å². The molecule has 1 unspecified atom stereocenters. The van der Waals surface area contributed by atoms with Gasteiger partial charge in [0, 0.05) is 17.9 Å². The van der Waals surface area contributed by atoms with Crippen LogP contribution in [0.25, 0.3) is 0 Å². The van der Waals surface area contributed by atoms with E-state index in [1.165, 1.54) is 10.8 Å². The first-order chi connectivity index (χ1) is 13.4. The molecule has 0 spiro atoms. The maximum atomic E-state index is 12.4. The first-order valence-corrected chi connectivity index (χ1v) is 11.3. The van der Waals surface area contributed by atoms with Crippen LogP contribution in [-0.2, 0) is 23.9 Å². The van der Waals surface area contributed by atoms with E-state index in [1.807, 2.05) is 6.08 Å². The molecule has 2 aliphatic heterocycles. The Kier molecular flexibility index (Phi) is 9.61. The minimum atomic E-state index is -1.10. The van der Waals surface area contributed by atoms with Crippen LogP contribution in [0.2, 0.25) is 0 Å². The van der Waals surface area contributed by atoms with Gasteiger partial charge in [0.15, 0.2) is 0 Å². The zero-order chi connectivity index (χ0) is 20.4. The highest BCUT2D eigenvalue weighted by molar-refractivity contribution is 8.76. The third-order valence-corrected chi connectivity index (χ3v) is 6.22. The Morgan fingerprint density at radius 2 is 1.86 bits per heavy atom. The molecule has 0 aromatic carbocycles. The van der Waals surface area contributed by atoms with E-state index in [4.69, 9.17) is 4.74 Å². The molecular formula is C16H24N4O6S2. The molecular weight excluding hydrogens is 408 g/mol. The Morgan fingerprint density at radius 3 is 2.68 bits per heavy atom. The lowest BCUT2D eigenvalue weighted by Crippen LogP contribution is -2.53. The highest BCUT2D eigenvalue weighted by Crippen LogP contribution is 2.23. The van der Waals surface area contributed by atoms with Gasteiger partial charge in [0.1, 0.15) is 24.9 Å². The molecule has 156 valence electrons. The number of carbonyl (C=O) groups is 4. The number of rotatable bonds is 0. The summed E-state index contributed by atoms with van der Waals surface area (Å²) in [6.45, 7) is -0.890. The summed E-state index contributed by atoms with van der Waals surface area (Å²) in [5, 5.41) is 20.2. The van der Waals surface area contributed by atoms with Crippen molar-refractivity contribution in [3.8, 4) is 0 Å². The lowest BCUT2D eigenvalue weighted by Gasteiger charge is -2.21. The van der Waals surface area contributed by atoms with Crippen LogP contribution in [0.3, 0.4) is 0 Å². The van der Waals surface area contributed by atoms with E-state index in [9.17, 15) is 24.3 Å². The van der Waals surface area contributed by atoms with E-state index in [-0.39, 0.29) is 26.1 Å². The summed E-state index contributed by atoms with van der Waals surface area (Å²) < 4.78 is 5.29. The van der Waals surface area contributed by atoms with Crippen molar-refractivity contribution in [2.24, 2.45) is 0 Å². The Bertz CT molecular complexity index is 618. The van der Waals surface area contributed by atoms with Gasteiger partial charge in [-0.15, -0.1) is 0 Å². The first-order valence-electron chi connectivity index (χ1n) is 8.80. The zero-order valence-corrected chi connectivity index (χ0v) is 16.8. The van der Waals surface area contributed by atoms with Gasteiger partial charge >= 0.3 is 5.97 Å². The predicted octanol–water partition coefficient (Wildman–Crippen LogP) is -1.73. The van der Waals surface area contributed by atoms with Crippen molar-refractivity contribution in [3.63, 3.8) is 0 Å². The van der Waals surface area contributed by atoms with Gasteiger partial charge in [-0.1, -0.05) is 27.7 Å².